The monoisotopic (exact) mass is 754 g/mol. The maximum absolute atomic E-state index is 7.12. The van der Waals surface area contributed by atoms with Crippen molar-refractivity contribution >= 4 is 82.4 Å². The standard InChI is InChI=1S/C55H34N2O2/c1-2-13-35(14-3-1)36-25-29-40(30-26-36)57(41-31-27-37(28-32-41)47-33-38-15-4-6-17-42(38)44-19-8-9-20-45(44)47)50-23-12-21-46-52-48(55-56-49-22-10-11-24-51(49)58-55)34-39-16-5-7-18-43(39)54(52)59-53(46)50/h1-34H. The molecule has 0 spiro atoms. The van der Waals surface area contributed by atoms with Gasteiger partial charge in [0.1, 0.15) is 11.1 Å². The fourth-order valence-electron chi connectivity index (χ4n) is 8.89. The van der Waals surface area contributed by atoms with Gasteiger partial charge in [-0.2, -0.15) is 0 Å². The van der Waals surface area contributed by atoms with Gasteiger partial charge >= 0.3 is 0 Å². The molecule has 0 atom stereocenters. The van der Waals surface area contributed by atoms with Crippen molar-refractivity contribution in [2.75, 3.05) is 4.90 Å². The van der Waals surface area contributed by atoms with Gasteiger partial charge in [-0.15, -0.1) is 0 Å². The van der Waals surface area contributed by atoms with Gasteiger partial charge in [-0.1, -0.05) is 152 Å². The van der Waals surface area contributed by atoms with Crippen molar-refractivity contribution in [3.8, 4) is 33.7 Å². The fraction of sp³-hybridized carbons (Fsp3) is 0. The summed E-state index contributed by atoms with van der Waals surface area (Å²) in [5, 5.41) is 9.05. The van der Waals surface area contributed by atoms with E-state index < -0.39 is 0 Å². The van der Waals surface area contributed by atoms with Crippen LogP contribution in [0.3, 0.4) is 0 Å². The van der Waals surface area contributed by atoms with Crippen LogP contribution in [0, 0.1) is 0 Å². The molecule has 4 nitrogen and oxygen atoms in total. The average molecular weight is 755 g/mol. The normalized spacial score (nSPS) is 11.7. The van der Waals surface area contributed by atoms with Gasteiger partial charge < -0.3 is 13.7 Å². The van der Waals surface area contributed by atoms with Crippen LogP contribution in [0.5, 0.6) is 0 Å². The number of rotatable bonds is 6. The van der Waals surface area contributed by atoms with Crippen molar-refractivity contribution in [1.82, 2.24) is 4.98 Å². The Morgan fingerprint density at radius 2 is 0.949 bits per heavy atom. The van der Waals surface area contributed by atoms with Crippen LogP contribution in [0.4, 0.5) is 17.1 Å². The lowest BCUT2D eigenvalue weighted by molar-refractivity contribution is 0.620. The van der Waals surface area contributed by atoms with Crippen LogP contribution in [0.2, 0.25) is 0 Å². The summed E-state index contributed by atoms with van der Waals surface area (Å²) in [6.07, 6.45) is 0. The second-order valence-electron chi connectivity index (χ2n) is 15.1. The molecule has 0 amide bonds. The zero-order chi connectivity index (χ0) is 38.9. The summed E-state index contributed by atoms with van der Waals surface area (Å²) in [7, 11) is 0. The highest BCUT2D eigenvalue weighted by Crippen LogP contribution is 2.47. The number of hydrogen-bond donors (Lipinski definition) is 0. The van der Waals surface area contributed by atoms with Gasteiger partial charge in [0.05, 0.1) is 5.69 Å². The number of aromatic nitrogens is 1. The van der Waals surface area contributed by atoms with Gasteiger partial charge in [-0.3, -0.25) is 0 Å². The molecule has 0 N–H and O–H groups in total. The van der Waals surface area contributed by atoms with Crippen molar-refractivity contribution in [2.24, 2.45) is 0 Å². The molecule has 0 radical (unpaired) electrons. The number of furan rings is 1. The molecule has 0 bridgehead atoms. The Morgan fingerprint density at radius 1 is 0.373 bits per heavy atom. The minimum absolute atomic E-state index is 0.570. The quantitative estimate of drug-likeness (QED) is 0.159. The minimum atomic E-state index is 0.570. The van der Waals surface area contributed by atoms with Crippen LogP contribution in [-0.4, -0.2) is 4.98 Å². The first-order valence-electron chi connectivity index (χ1n) is 19.9. The Bertz CT molecular complexity index is 3510. The number of para-hydroxylation sites is 3. The second-order valence-corrected chi connectivity index (χ2v) is 15.1. The van der Waals surface area contributed by atoms with Gasteiger partial charge in [0, 0.05) is 33.1 Å². The van der Waals surface area contributed by atoms with Gasteiger partial charge in [0.2, 0.25) is 5.89 Å². The van der Waals surface area contributed by atoms with E-state index >= 15 is 0 Å². The molecule has 2 aromatic heterocycles. The summed E-state index contributed by atoms with van der Waals surface area (Å²) in [5.74, 6) is 0.570. The van der Waals surface area contributed by atoms with Gasteiger partial charge in [0.25, 0.3) is 0 Å². The predicted octanol–water partition coefficient (Wildman–Crippen LogP) is 15.7. The molecule has 276 valence electrons. The summed E-state index contributed by atoms with van der Waals surface area (Å²) in [5.41, 5.74) is 11.7. The lowest BCUT2D eigenvalue weighted by Crippen LogP contribution is -2.10. The molecular formula is C55H34N2O2. The third-order valence-corrected chi connectivity index (χ3v) is 11.7. The van der Waals surface area contributed by atoms with Gasteiger partial charge in [-0.05, 0) is 104 Å². The third-order valence-electron chi connectivity index (χ3n) is 11.7. The molecule has 12 aromatic rings. The van der Waals surface area contributed by atoms with Crippen LogP contribution in [0.15, 0.2) is 215 Å². The van der Waals surface area contributed by atoms with Crippen molar-refractivity contribution in [3.05, 3.63) is 206 Å². The molecule has 0 unspecified atom stereocenters. The first kappa shape index (κ1) is 33.2. The van der Waals surface area contributed by atoms with E-state index in [2.05, 4.69) is 187 Å². The largest absolute Gasteiger partial charge is 0.453 e. The molecule has 12 rings (SSSR count). The lowest BCUT2D eigenvalue weighted by Gasteiger charge is -2.26. The molecule has 0 saturated heterocycles. The van der Waals surface area contributed by atoms with E-state index in [9.17, 15) is 0 Å². The molecule has 59 heavy (non-hydrogen) atoms. The number of hydrogen-bond acceptors (Lipinski definition) is 4. The molecule has 0 aliphatic heterocycles. The van der Waals surface area contributed by atoms with Crippen molar-refractivity contribution in [3.63, 3.8) is 0 Å². The third kappa shape index (κ3) is 5.42. The lowest BCUT2D eigenvalue weighted by atomic mass is 9.93. The summed E-state index contributed by atoms with van der Waals surface area (Å²) in [6.45, 7) is 0. The maximum Gasteiger partial charge on any atom is 0.228 e. The molecule has 0 aliphatic carbocycles. The predicted molar refractivity (Wildman–Crippen MR) is 245 cm³/mol. The number of anilines is 3. The number of benzene rings is 10. The van der Waals surface area contributed by atoms with Gasteiger partial charge in [-0.25, -0.2) is 4.98 Å². The van der Waals surface area contributed by atoms with E-state index in [1.165, 1.54) is 32.7 Å². The smallest absolute Gasteiger partial charge is 0.228 e. The molecule has 0 aliphatic rings. The first-order valence-corrected chi connectivity index (χ1v) is 19.9. The molecule has 2 heterocycles. The van der Waals surface area contributed by atoms with E-state index in [1.54, 1.807) is 0 Å². The van der Waals surface area contributed by atoms with Crippen molar-refractivity contribution in [2.45, 2.75) is 0 Å². The zero-order valence-corrected chi connectivity index (χ0v) is 31.8. The Labute approximate surface area is 339 Å². The van der Waals surface area contributed by atoms with Crippen molar-refractivity contribution < 1.29 is 8.83 Å². The minimum Gasteiger partial charge on any atom is -0.453 e. The number of fused-ring (bicyclic) bond motifs is 9. The fourth-order valence-corrected chi connectivity index (χ4v) is 8.89. The Morgan fingerprint density at radius 3 is 1.71 bits per heavy atom. The van der Waals surface area contributed by atoms with E-state index in [0.717, 1.165) is 77.6 Å². The maximum atomic E-state index is 7.12. The molecular weight excluding hydrogens is 721 g/mol. The molecule has 4 heteroatoms. The number of nitrogens with zero attached hydrogens (tertiary/aromatic N) is 2. The first-order chi connectivity index (χ1) is 29.2. The highest BCUT2D eigenvalue weighted by Gasteiger charge is 2.24. The SMILES string of the molecule is c1ccc(-c2ccc(N(c3ccc(-c4cc5ccccc5c5ccccc45)cc3)c3cccc4c3oc3c5ccccc5cc(-c5nc6ccccc6o5)c43)cc2)cc1. The highest BCUT2D eigenvalue weighted by molar-refractivity contribution is 6.22. The Hall–Kier alpha value is -7.95. The summed E-state index contributed by atoms with van der Waals surface area (Å²) in [6, 6.07) is 72.8. The van der Waals surface area contributed by atoms with Crippen LogP contribution in [0.25, 0.3) is 99.1 Å². The van der Waals surface area contributed by atoms with E-state index in [4.69, 9.17) is 13.8 Å². The Balaban J connectivity index is 1.07. The average Bonchev–Trinajstić information content (AvgIpc) is 3.93. The summed E-state index contributed by atoms with van der Waals surface area (Å²) >= 11 is 0. The highest BCUT2D eigenvalue weighted by atomic mass is 16.3. The summed E-state index contributed by atoms with van der Waals surface area (Å²) in [4.78, 5) is 7.27. The number of oxazole rings is 1. The molecule has 0 fully saturated rings. The van der Waals surface area contributed by atoms with Crippen LogP contribution in [0.1, 0.15) is 0 Å². The second kappa shape index (κ2) is 13.3. The molecule has 10 aromatic carbocycles. The van der Waals surface area contributed by atoms with Crippen LogP contribution < -0.4 is 4.90 Å². The van der Waals surface area contributed by atoms with E-state index in [0.29, 0.717) is 5.89 Å². The zero-order valence-electron chi connectivity index (χ0n) is 31.8. The van der Waals surface area contributed by atoms with E-state index in [1.807, 2.05) is 24.3 Å². The van der Waals surface area contributed by atoms with Gasteiger partial charge in [0.15, 0.2) is 11.2 Å². The van der Waals surface area contributed by atoms with Crippen LogP contribution >= 0.6 is 0 Å². The molecule has 0 saturated carbocycles. The van der Waals surface area contributed by atoms with Crippen LogP contribution in [-0.2, 0) is 0 Å². The Kier molecular flexibility index (Phi) is 7.50. The van der Waals surface area contributed by atoms with Crippen molar-refractivity contribution in [1.29, 1.82) is 0 Å². The topological polar surface area (TPSA) is 42.4 Å². The van der Waals surface area contributed by atoms with E-state index in [-0.39, 0.29) is 0 Å². The summed E-state index contributed by atoms with van der Waals surface area (Å²) < 4.78 is 13.5.